The highest BCUT2D eigenvalue weighted by atomic mass is 16.5. The smallest absolute Gasteiger partial charge is 0.407 e. The largest absolute Gasteiger partial charge is 0.481 e. The van der Waals surface area contributed by atoms with Crippen molar-refractivity contribution in [3.63, 3.8) is 0 Å². The van der Waals surface area contributed by atoms with E-state index in [9.17, 15) is 14.7 Å². The van der Waals surface area contributed by atoms with Crippen LogP contribution in [0.5, 0.6) is 0 Å². The van der Waals surface area contributed by atoms with Gasteiger partial charge in [0.25, 0.3) is 0 Å². The van der Waals surface area contributed by atoms with Gasteiger partial charge >= 0.3 is 12.1 Å². The zero-order valence-electron chi connectivity index (χ0n) is 16.1. The number of alkyl carbamates (subject to hydrolysis) is 1. The number of carboxylic acid groups (broad SMARTS) is 1. The molecule has 2 N–H and O–H groups in total. The molecule has 2 aromatic rings. The van der Waals surface area contributed by atoms with Crippen LogP contribution in [0.1, 0.15) is 43.7 Å². The average molecular weight is 379 g/mol. The van der Waals surface area contributed by atoms with Crippen molar-refractivity contribution in [3.05, 3.63) is 59.7 Å². The standard InChI is InChI=1S/C23H25NO4/c1-23(2)12-19(23)20(11-21(25)26)24-22(27)28-13-18-16-9-5-3-7-14(16)15-8-4-6-10-17(15)18/h3-10,18-20H,11-13H2,1-2H3,(H,24,27)(H,25,26). The number of carboxylic acids is 1. The van der Waals surface area contributed by atoms with Crippen molar-refractivity contribution in [3.8, 4) is 11.1 Å². The summed E-state index contributed by atoms with van der Waals surface area (Å²) in [4.78, 5) is 23.6. The highest BCUT2D eigenvalue weighted by Crippen LogP contribution is 2.54. The fraction of sp³-hybridized carbons (Fsp3) is 0.391. The molecule has 2 aromatic carbocycles. The minimum Gasteiger partial charge on any atom is -0.481 e. The van der Waals surface area contributed by atoms with Gasteiger partial charge in [-0.25, -0.2) is 4.79 Å². The lowest BCUT2D eigenvalue weighted by Crippen LogP contribution is -2.39. The van der Waals surface area contributed by atoms with E-state index in [1.165, 1.54) is 11.1 Å². The van der Waals surface area contributed by atoms with Crippen molar-refractivity contribution >= 4 is 12.1 Å². The van der Waals surface area contributed by atoms with E-state index in [4.69, 9.17) is 4.74 Å². The third-order valence-corrected chi connectivity index (χ3v) is 6.12. The summed E-state index contributed by atoms with van der Waals surface area (Å²) >= 11 is 0. The normalized spacial score (nSPS) is 20.0. The zero-order valence-corrected chi connectivity index (χ0v) is 16.1. The van der Waals surface area contributed by atoms with Crippen LogP contribution in [0.4, 0.5) is 4.79 Å². The molecule has 0 aromatic heterocycles. The van der Waals surface area contributed by atoms with E-state index in [0.717, 1.165) is 17.5 Å². The van der Waals surface area contributed by atoms with Gasteiger partial charge in [0.05, 0.1) is 6.42 Å². The van der Waals surface area contributed by atoms with Gasteiger partial charge in [-0.1, -0.05) is 62.4 Å². The molecule has 1 fully saturated rings. The van der Waals surface area contributed by atoms with E-state index in [1.54, 1.807) is 0 Å². The summed E-state index contributed by atoms with van der Waals surface area (Å²) in [5, 5.41) is 12.0. The molecule has 0 heterocycles. The SMILES string of the molecule is CC1(C)CC1C(CC(=O)O)NC(=O)OCC1c2ccccc2-c2ccccc21. The maximum absolute atomic E-state index is 12.4. The van der Waals surface area contributed by atoms with Crippen LogP contribution < -0.4 is 5.32 Å². The van der Waals surface area contributed by atoms with Gasteiger partial charge in [0.15, 0.2) is 0 Å². The molecule has 1 amide bonds. The maximum atomic E-state index is 12.4. The minimum atomic E-state index is -0.911. The van der Waals surface area contributed by atoms with Crippen LogP contribution in [0.15, 0.2) is 48.5 Å². The van der Waals surface area contributed by atoms with Crippen LogP contribution in [0.25, 0.3) is 11.1 Å². The second-order valence-electron chi connectivity index (χ2n) is 8.47. The van der Waals surface area contributed by atoms with Crippen LogP contribution >= 0.6 is 0 Å². The molecule has 0 saturated heterocycles. The molecular formula is C23H25NO4. The summed E-state index contributed by atoms with van der Waals surface area (Å²) in [6.07, 6.45) is 0.281. The number of carbonyl (C=O) groups excluding carboxylic acids is 1. The van der Waals surface area contributed by atoms with Crippen molar-refractivity contribution in [2.24, 2.45) is 11.3 Å². The molecule has 0 bridgehead atoms. The Kier molecular flexibility index (Phi) is 4.61. The highest BCUT2D eigenvalue weighted by Gasteiger charge is 2.51. The molecule has 1 saturated carbocycles. The second-order valence-corrected chi connectivity index (χ2v) is 8.47. The minimum absolute atomic E-state index is 0.00607. The monoisotopic (exact) mass is 379 g/mol. The maximum Gasteiger partial charge on any atom is 0.407 e. The molecule has 5 nitrogen and oxygen atoms in total. The molecule has 2 atom stereocenters. The van der Waals surface area contributed by atoms with Crippen LogP contribution in [0.3, 0.4) is 0 Å². The Morgan fingerprint density at radius 1 is 1.11 bits per heavy atom. The fourth-order valence-corrected chi connectivity index (χ4v) is 4.47. The Bertz CT molecular complexity index is 875. The number of nitrogens with one attached hydrogen (secondary N) is 1. The van der Waals surface area contributed by atoms with Crippen molar-refractivity contribution < 1.29 is 19.4 Å². The third-order valence-electron chi connectivity index (χ3n) is 6.12. The molecular weight excluding hydrogens is 354 g/mol. The van der Waals surface area contributed by atoms with Gasteiger partial charge in [-0.2, -0.15) is 0 Å². The van der Waals surface area contributed by atoms with Gasteiger partial charge < -0.3 is 15.2 Å². The Hall–Kier alpha value is -2.82. The number of benzene rings is 2. The number of fused-ring (bicyclic) bond motifs is 3. The van der Waals surface area contributed by atoms with E-state index in [-0.39, 0.29) is 30.3 Å². The first-order valence-corrected chi connectivity index (χ1v) is 9.70. The predicted octanol–water partition coefficient (Wildman–Crippen LogP) is 4.41. The topological polar surface area (TPSA) is 75.6 Å². The molecule has 2 unspecified atom stereocenters. The molecule has 0 radical (unpaired) electrons. The lowest BCUT2D eigenvalue weighted by molar-refractivity contribution is -0.137. The van der Waals surface area contributed by atoms with Gasteiger partial charge in [0.1, 0.15) is 6.61 Å². The lowest BCUT2D eigenvalue weighted by Gasteiger charge is -2.20. The Morgan fingerprint density at radius 3 is 2.14 bits per heavy atom. The number of hydrogen-bond acceptors (Lipinski definition) is 3. The summed E-state index contributed by atoms with van der Waals surface area (Å²) in [5.74, 6) is -0.746. The quantitative estimate of drug-likeness (QED) is 0.779. The van der Waals surface area contributed by atoms with Crippen LogP contribution in [0, 0.1) is 11.3 Å². The molecule has 5 heteroatoms. The van der Waals surface area contributed by atoms with Crippen molar-refractivity contribution in [2.75, 3.05) is 6.61 Å². The lowest BCUT2D eigenvalue weighted by atomic mass is 9.98. The van der Waals surface area contributed by atoms with E-state index in [0.29, 0.717) is 0 Å². The Morgan fingerprint density at radius 2 is 1.64 bits per heavy atom. The van der Waals surface area contributed by atoms with E-state index in [1.807, 2.05) is 24.3 Å². The van der Waals surface area contributed by atoms with Gasteiger partial charge in [-0.15, -0.1) is 0 Å². The van der Waals surface area contributed by atoms with Crippen LogP contribution in [0.2, 0.25) is 0 Å². The third kappa shape index (κ3) is 3.49. The second kappa shape index (κ2) is 6.97. The van der Waals surface area contributed by atoms with Crippen LogP contribution in [-0.2, 0) is 9.53 Å². The summed E-state index contributed by atoms with van der Waals surface area (Å²) in [7, 11) is 0. The van der Waals surface area contributed by atoms with E-state index < -0.39 is 18.1 Å². The molecule has 2 aliphatic carbocycles. The van der Waals surface area contributed by atoms with Crippen molar-refractivity contribution in [1.82, 2.24) is 5.32 Å². The van der Waals surface area contributed by atoms with E-state index in [2.05, 4.69) is 43.4 Å². The molecule has 146 valence electrons. The number of ether oxygens (including phenoxy) is 1. The summed E-state index contributed by atoms with van der Waals surface area (Å²) in [6.45, 7) is 4.41. The van der Waals surface area contributed by atoms with Gasteiger partial charge in [0.2, 0.25) is 0 Å². The van der Waals surface area contributed by atoms with Crippen molar-refractivity contribution in [2.45, 2.75) is 38.6 Å². The first-order chi connectivity index (χ1) is 13.4. The number of aliphatic carboxylic acids is 1. The number of amides is 1. The number of hydrogen-bond donors (Lipinski definition) is 2. The highest BCUT2D eigenvalue weighted by molar-refractivity contribution is 5.79. The Labute approximate surface area is 164 Å². The molecule has 28 heavy (non-hydrogen) atoms. The summed E-state index contributed by atoms with van der Waals surface area (Å²) in [5.41, 5.74) is 4.73. The number of carbonyl (C=O) groups is 2. The molecule has 0 aliphatic heterocycles. The first kappa shape index (κ1) is 18.5. The predicted molar refractivity (Wildman–Crippen MR) is 106 cm³/mol. The van der Waals surface area contributed by atoms with Gasteiger partial charge in [0, 0.05) is 12.0 Å². The first-order valence-electron chi connectivity index (χ1n) is 9.70. The average Bonchev–Trinajstić information content (AvgIpc) is 3.18. The van der Waals surface area contributed by atoms with Gasteiger partial charge in [-0.3, -0.25) is 4.79 Å². The summed E-state index contributed by atoms with van der Waals surface area (Å²) in [6, 6.07) is 15.9. The fourth-order valence-electron chi connectivity index (χ4n) is 4.47. The Balaban J connectivity index is 1.44. The summed E-state index contributed by atoms with van der Waals surface area (Å²) < 4.78 is 5.55. The number of rotatable bonds is 6. The zero-order chi connectivity index (χ0) is 19.9. The van der Waals surface area contributed by atoms with Gasteiger partial charge in [-0.05, 0) is 40.0 Å². The van der Waals surface area contributed by atoms with Crippen molar-refractivity contribution in [1.29, 1.82) is 0 Å². The molecule has 4 rings (SSSR count). The molecule has 0 spiro atoms. The van der Waals surface area contributed by atoms with E-state index >= 15 is 0 Å². The van der Waals surface area contributed by atoms with Crippen LogP contribution in [-0.4, -0.2) is 29.8 Å². The molecule has 2 aliphatic rings.